The summed E-state index contributed by atoms with van der Waals surface area (Å²) in [6.45, 7) is 2.30. The minimum Gasteiger partial charge on any atom is -0.0843 e. The fourth-order valence-corrected chi connectivity index (χ4v) is 2.76. The minimum absolute atomic E-state index is 0.738. The Kier molecular flexibility index (Phi) is 5.55. The van der Waals surface area contributed by atoms with Gasteiger partial charge < -0.3 is 0 Å². The number of rotatable bonds is 2. The van der Waals surface area contributed by atoms with E-state index in [-0.39, 0.29) is 0 Å². The summed E-state index contributed by atoms with van der Waals surface area (Å²) >= 11 is 5.84. The summed E-state index contributed by atoms with van der Waals surface area (Å²) in [5.41, 5.74) is 1.02. The van der Waals surface area contributed by atoms with Crippen LogP contribution in [0.5, 0.6) is 0 Å². The molecule has 2 rings (SSSR count). The third-order valence-electron chi connectivity index (χ3n) is 3.98. The summed E-state index contributed by atoms with van der Waals surface area (Å²) in [6, 6.07) is 7.66. The van der Waals surface area contributed by atoms with E-state index in [1.54, 1.807) is 0 Å². The van der Waals surface area contributed by atoms with E-state index in [9.17, 15) is 0 Å². The molecule has 0 aromatic heterocycles. The Hall–Kier alpha value is -1.19. The fourth-order valence-electron chi connectivity index (χ4n) is 2.63. The van der Waals surface area contributed by atoms with Crippen LogP contribution in [0, 0.1) is 23.7 Å². The topological polar surface area (TPSA) is 0 Å². The van der Waals surface area contributed by atoms with Crippen LogP contribution in [0.15, 0.2) is 36.4 Å². The van der Waals surface area contributed by atoms with E-state index < -0.39 is 0 Å². The van der Waals surface area contributed by atoms with E-state index >= 15 is 0 Å². The number of hydrogen-bond donors (Lipinski definition) is 0. The Morgan fingerprint density at radius 2 is 1.84 bits per heavy atom. The van der Waals surface area contributed by atoms with Gasteiger partial charge in [-0.25, -0.2) is 0 Å². The monoisotopic (exact) mass is 272 g/mol. The van der Waals surface area contributed by atoms with Gasteiger partial charge in [-0.1, -0.05) is 42.9 Å². The van der Waals surface area contributed by atoms with Gasteiger partial charge in [0.2, 0.25) is 0 Å². The van der Waals surface area contributed by atoms with Crippen molar-refractivity contribution in [1.29, 1.82) is 0 Å². The van der Waals surface area contributed by atoms with Crippen molar-refractivity contribution in [2.45, 2.75) is 39.0 Å². The molecular weight excluding hydrogens is 252 g/mol. The van der Waals surface area contributed by atoms with Crippen LogP contribution in [0.2, 0.25) is 5.02 Å². The van der Waals surface area contributed by atoms with Crippen LogP contribution in [0.1, 0.15) is 44.6 Å². The van der Waals surface area contributed by atoms with E-state index in [2.05, 4.69) is 24.8 Å². The number of hydrogen-bond acceptors (Lipinski definition) is 0. The molecule has 0 amide bonds. The van der Waals surface area contributed by atoms with Crippen LogP contribution in [0.4, 0.5) is 0 Å². The first-order valence-corrected chi connectivity index (χ1v) is 7.59. The molecule has 0 heterocycles. The molecule has 0 saturated heterocycles. The second-order valence-electron chi connectivity index (χ2n) is 5.32. The van der Waals surface area contributed by atoms with Crippen molar-refractivity contribution in [3.8, 4) is 11.8 Å². The molecule has 0 N–H and O–H groups in total. The standard InChI is InChI=1S/C18H21Cl/c1-2-15-7-9-16(10-8-15)5-3-4-6-17-11-13-18(19)14-12-17/h3,5,11-16H,2,7-10H2,1H3/b5-3+/t15-,16-. The maximum atomic E-state index is 5.84. The first kappa shape index (κ1) is 14.2. The lowest BCUT2D eigenvalue weighted by molar-refractivity contribution is 0.304. The van der Waals surface area contributed by atoms with Gasteiger partial charge >= 0.3 is 0 Å². The van der Waals surface area contributed by atoms with Gasteiger partial charge in [0.1, 0.15) is 0 Å². The second kappa shape index (κ2) is 7.41. The van der Waals surface area contributed by atoms with Gasteiger partial charge in [-0.05, 0) is 67.9 Å². The summed E-state index contributed by atoms with van der Waals surface area (Å²) in [7, 11) is 0. The van der Waals surface area contributed by atoms with E-state index in [1.807, 2.05) is 30.3 Å². The SMILES string of the molecule is CC[C@H]1CC[C@H](/C=C/C#Cc2ccc(Cl)cc2)CC1. The molecule has 0 bridgehead atoms. The van der Waals surface area contributed by atoms with Gasteiger partial charge in [0.25, 0.3) is 0 Å². The van der Waals surface area contributed by atoms with E-state index in [0.29, 0.717) is 0 Å². The molecule has 1 saturated carbocycles. The van der Waals surface area contributed by atoms with Gasteiger partial charge in [-0.2, -0.15) is 0 Å². The molecule has 1 aliphatic rings. The van der Waals surface area contributed by atoms with Crippen molar-refractivity contribution in [2.24, 2.45) is 11.8 Å². The molecule has 100 valence electrons. The molecule has 0 radical (unpaired) electrons. The Balaban J connectivity index is 1.82. The normalized spacial score (nSPS) is 23.1. The number of halogens is 1. The van der Waals surface area contributed by atoms with Gasteiger partial charge in [0.15, 0.2) is 0 Å². The maximum Gasteiger partial charge on any atom is 0.0406 e. The molecule has 0 aliphatic heterocycles. The zero-order valence-electron chi connectivity index (χ0n) is 11.5. The molecule has 1 aromatic rings. The lowest BCUT2D eigenvalue weighted by Gasteiger charge is -2.25. The van der Waals surface area contributed by atoms with Crippen molar-refractivity contribution in [3.63, 3.8) is 0 Å². The molecule has 0 atom stereocenters. The highest BCUT2D eigenvalue weighted by Crippen LogP contribution is 2.31. The first-order chi connectivity index (χ1) is 9.28. The van der Waals surface area contributed by atoms with Gasteiger partial charge in [0, 0.05) is 10.6 Å². The van der Waals surface area contributed by atoms with Crippen LogP contribution in [-0.4, -0.2) is 0 Å². The Bertz CT molecular complexity index is 465. The van der Waals surface area contributed by atoms with Crippen molar-refractivity contribution in [1.82, 2.24) is 0 Å². The third-order valence-corrected chi connectivity index (χ3v) is 4.23. The quantitative estimate of drug-likeness (QED) is 0.627. The van der Waals surface area contributed by atoms with E-state index in [0.717, 1.165) is 22.4 Å². The molecule has 19 heavy (non-hydrogen) atoms. The average Bonchev–Trinajstić information content (AvgIpc) is 2.46. The molecule has 0 spiro atoms. The van der Waals surface area contributed by atoms with Crippen molar-refractivity contribution in [3.05, 3.63) is 47.0 Å². The Morgan fingerprint density at radius 1 is 1.16 bits per heavy atom. The van der Waals surface area contributed by atoms with Crippen LogP contribution >= 0.6 is 11.6 Å². The highest BCUT2D eigenvalue weighted by atomic mass is 35.5. The minimum atomic E-state index is 0.738. The second-order valence-corrected chi connectivity index (χ2v) is 5.76. The number of allylic oxidation sites excluding steroid dienone is 2. The third kappa shape index (κ3) is 4.77. The van der Waals surface area contributed by atoms with Crippen LogP contribution in [0.3, 0.4) is 0 Å². The molecular formula is C18H21Cl. The van der Waals surface area contributed by atoms with E-state index in [4.69, 9.17) is 11.6 Å². The molecule has 0 nitrogen and oxygen atoms in total. The predicted molar refractivity (Wildman–Crippen MR) is 83.2 cm³/mol. The average molecular weight is 273 g/mol. The van der Waals surface area contributed by atoms with Gasteiger partial charge in [0.05, 0.1) is 0 Å². The largest absolute Gasteiger partial charge is 0.0843 e. The highest BCUT2D eigenvalue weighted by Gasteiger charge is 2.17. The Morgan fingerprint density at radius 3 is 2.47 bits per heavy atom. The Labute approximate surface area is 121 Å². The van der Waals surface area contributed by atoms with Gasteiger partial charge in [-0.15, -0.1) is 0 Å². The fraction of sp³-hybridized carbons (Fsp3) is 0.444. The lowest BCUT2D eigenvalue weighted by atomic mass is 9.81. The highest BCUT2D eigenvalue weighted by molar-refractivity contribution is 6.30. The molecule has 1 heteroatoms. The smallest absolute Gasteiger partial charge is 0.0406 e. The lowest BCUT2D eigenvalue weighted by Crippen LogP contribution is -2.11. The summed E-state index contributed by atoms with van der Waals surface area (Å²) in [5.74, 6) is 7.96. The summed E-state index contributed by atoms with van der Waals surface area (Å²) in [6.07, 6.45) is 11.1. The van der Waals surface area contributed by atoms with Crippen LogP contribution in [-0.2, 0) is 0 Å². The van der Waals surface area contributed by atoms with Crippen LogP contribution < -0.4 is 0 Å². The van der Waals surface area contributed by atoms with E-state index in [1.165, 1.54) is 32.1 Å². The number of benzene rings is 1. The summed E-state index contributed by atoms with van der Waals surface area (Å²) in [5, 5.41) is 0.758. The molecule has 0 unspecified atom stereocenters. The molecule has 1 aromatic carbocycles. The van der Waals surface area contributed by atoms with Crippen molar-refractivity contribution >= 4 is 11.6 Å². The van der Waals surface area contributed by atoms with Crippen molar-refractivity contribution in [2.75, 3.05) is 0 Å². The summed E-state index contributed by atoms with van der Waals surface area (Å²) < 4.78 is 0. The van der Waals surface area contributed by atoms with Crippen molar-refractivity contribution < 1.29 is 0 Å². The molecule has 1 fully saturated rings. The van der Waals surface area contributed by atoms with Crippen LogP contribution in [0.25, 0.3) is 0 Å². The molecule has 1 aliphatic carbocycles. The summed E-state index contributed by atoms with van der Waals surface area (Å²) in [4.78, 5) is 0. The first-order valence-electron chi connectivity index (χ1n) is 7.21. The maximum absolute atomic E-state index is 5.84. The predicted octanol–water partition coefficient (Wildman–Crippen LogP) is 5.46. The van der Waals surface area contributed by atoms with Gasteiger partial charge in [-0.3, -0.25) is 0 Å². The zero-order valence-corrected chi connectivity index (χ0v) is 12.3. The zero-order chi connectivity index (χ0) is 13.5.